The number of pyridine rings is 1. The number of halogens is 2. The van der Waals surface area contributed by atoms with E-state index in [2.05, 4.69) is 10.3 Å². The van der Waals surface area contributed by atoms with Gasteiger partial charge in [-0.25, -0.2) is 18.6 Å². The van der Waals surface area contributed by atoms with Gasteiger partial charge in [0.2, 0.25) is 0 Å². The number of alkyl carbamates (subject to hydrolysis) is 1. The van der Waals surface area contributed by atoms with Crippen LogP contribution < -0.4 is 10.2 Å². The first-order chi connectivity index (χ1) is 14.2. The third kappa shape index (κ3) is 5.03. The average molecular weight is 414 g/mol. The Bertz CT molecular complexity index is 974. The van der Waals surface area contributed by atoms with Gasteiger partial charge in [-0.1, -0.05) is 6.07 Å². The van der Waals surface area contributed by atoms with Crippen LogP contribution in [0.1, 0.15) is 39.2 Å². The molecule has 0 aliphatic carbocycles. The van der Waals surface area contributed by atoms with E-state index in [1.54, 1.807) is 26.8 Å². The average Bonchev–Trinajstić information content (AvgIpc) is 2.67. The summed E-state index contributed by atoms with van der Waals surface area (Å²) >= 11 is 0. The summed E-state index contributed by atoms with van der Waals surface area (Å²) < 4.78 is 34.4. The maximum atomic E-state index is 15.2. The lowest BCUT2D eigenvalue weighted by Gasteiger charge is -2.33. The fourth-order valence-electron chi connectivity index (χ4n) is 3.36. The summed E-state index contributed by atoms with van der Waals surface area (Å²) in [4.78, 5) is 17.9. The maximum absolute atomic E-state index is 15.2. The van der Waals surface area contributed by atoms with Crippen molar-refractivity contribution in [2.24, 2.45) is 0 Å². The van der Waals surface area contributed by atoms with Crippen molar-refractivity contribution in [2.75, 3.05) is 18.0 Å². The number of hydrogen-bond acceptors (Lipinski definition) is 5. The lowest BCUT2D eigenvalue weighted by Crippen LogP contribution is -2.46. The number of rotatable bonds is 3. The molecular weight excluding hydrogens is 390 g/mol. The molecule has 2 aromatic rings. The minimum Gasteiger partial charge on any atom is -0.444 e. The molecule has 158 valence electrons. The van der Waals surface area contributed by atoms with Crippen molar-refractivity contribution >= 4 is 11.9 Å². The second-order valence-electron chi connectivity index (χ2n) is 8.21. The third-order valence-electron chi connectivity index (χ3n) is 4.79. The van der Waals surface area contributed by atoms with Gasteiger partial charge in [-0.2, -0.15) is 5.26 Å². The van der Waals surface area contributed by atoms with E-state index in [0.717, 1.165) is 6.07 Å². The second kappa shape index (κ2) is 8.66. The van der Waals surface area contributed by atoms with E-state index in [0.29, 0.717) is 31.5 Å². The maximum Gasteiger partial charge on any atom is 0.407 e. The highest BCUT2D eigenvalue weighted by Gasteiger charge is 2.26. The van der Waals surface area contributed by atoms with Crippen molar-refractivity contribution in [3.63, 3.8) is 0 Å². The Labute approximate surface area is 174 Å². The summed E-state index contributed by atoms with van der Waals surface area (Å²) in [7, 11) is 0. The molecule has 8 heteroatoms. The number of carbonyl (C=O) groups is 1. The molecule has 0 bridgehead atoms. The number of ether oxygens (including phenoxy) is 1. The number of nitriles is 1. The SMILES string of the molecule is CC(C)(C)OC(=O)NC1CCN(c2nccc(-c3ccc(C#N)c(F)c3)c2F)CC1. The molecule has 0 saturated carbocycles. The van der Waals surface area contributed by atoms with Gasteiger partial charge in [0.05, 0.1) is 5.56 Å². The fraction of sp³-hybridized carbons (Fsp3) is 0.409. The van der Waals surface area contributed by atoms with Crippen molar-refractivity contribution < 1.29 is 18.3 Å². The Balaban J connectivity index is 1.70. The molecule has 1 N–H and O–H groups in total. The highest BCUT2D eigenvalue weighted by molar-refractivity contribution is 5.69. The molecule has 1 aliphatic heterocycles. The van der Waals surface area contributed by atoms with Crippen molar-refractivity contribution in [1.82, 2.24) is 10.3 Å². The highest BCUT2D eigenvalue weighted by atomic mass is 19.1. The summed E-state index contributed by atoms with van der Waals surface area (Å²) in [6.07, 6.45) is 2.26. The molecule has 1 aromatic carbocycles. The van der Waals surface area contributed by atoms with Crippen molar-refractivity contribution in [3.05, 3.63) is 47.7 Å². The van der Waals surface area contributed by atoms with Gasteiger partial charge in [0, 0.05) is 30.9 Å². The number of anilines is 1. The zero-order valence-corrected chi connectivity index (χ0v) is 17.2. The molecular formula is C22H24F2N4O2. The van der Waals surface area contributed by atoms with Crippen LogP contribution in [0.5, 0.6) is 0 Å². The van der Waals surface area contributed by atoms with Gasteiger partial charge < -0.3 is 15.0 Å². The lowest BCUT2D eigenvalue weighted by molar-refractivity contribution is 0.0497. The number of nitrogens with one attached hydrogen (secondary N) is 1. The minimum atomic E-state index is -0.693. The fourth-order valence-corrected chi connectivity index (χ4v) is 3.36. The van der Waals surface area contributed by atoms with E-state index in [4.69, 9.17) is 10.00 Å². The topological polar surface area (TPSA) is 78.2 Å². The molecule has 0 atom stereocenters. The van der Waals surface area contributed by atoms with Crippen LogP contribution in [0, 0.1) is 23.0 Å². The Morgan fingerprint density at radius 2 is 1.97 bits per heavy atom. The van der Waals surface area contributed by atoms with E-state index in [1.807, 2.05) is 4.90 Å². The lowest BCUT2D eigenvalue weighted by atomic mass is 10.0. The zero-order chi connectivity index (χ0) is 21.9. The van der Waals surface area contributed by atoms with Crippen molar-refractivity contribution in [2.45, 2.75) is 45.3 Å². The predicted molar refractivity (Wildman–Crippen MR) is 109 cm³/mol. The first kappa shape index (κ1) is 21.5. The van der Waals surface area contributed by atoms with Crippen LogP contribution in [0.4, 0.5) is 19.4 Å². The van der Waals surface area contributed by atoms with Crippen LogP contribution in [0.25, 0.3) is 11.1 Å². The van der Waals surface area contributed by atoms with Gasteiger partial charge in [0.1, 0.15) is 17.5 Å². The monoisotopic (exact) mass is 414 g/mol. The first-order valence-electron chi connectivity index (χ1n) is 9.77. The largest absolute Gasteiger partial charge is 0.444 e. The standard InChI is InChI=1S/C22H24F2N4O2/c1-22(2,3)30-21(29)27-16-7-10-28(11-8-16)20-19(24)17(6-9-26-20)14-4-5-15(13-25)18(23)12-14/h4-6,9,12,16H,7-8,10-11H2,1-3H3,(H,27,29). The van der Waals surface area contributed by atoms with E-state index >= 15 is 4.39 Å². The van der Waals surface area contributed by atoms with Crippen LogP contribution in [0.2, 0.25) is 0 Å². The van der Waals surface area contributed by atoms with Crippen molar-refractivity contribution in [3.8, 4) is 17.2 Å². The molecule has 30 heavy (non-hydrogen) atoms. The molecule has 1 aliphatic rings. The summed E-state index contributed by atoms with van der Waals surface area (Å²) in [6.45, 7) is 6.42. The number of aromatic nitrogens is 1. The molecule has 2 heterocycles. The Hall–Kier alpha value is -3.21. The van der Waals surface area contributed by atoms with Gasteiger partial charge >= 0.3 is 6.09 Å². The number of benzene rings is 1. The Morgan fingerprint density at radius 1 is 1.27 bits per heavy atom. The van der Waals surface area contributed by atoms with Gasteiger partial charge in [0.25, 0.3) is 0 Å². The van der Waals surface area contributed by atoms with Crippen LogP contribution in [0.15, 0.2) is 30.5 Å². The number of carbonyl (C=O) groups excluding carboxylic acids is 1. The summed E-state index contributed by atoms with van der Waals surface area (Å²) in [5.74, 6) is -1.05. The first-order valence-corrected chi connectivity index (χ1v) is 9.77. The Kier molecular flexibility index (Phi) is 6.20. The normalized spacial score (nSPS) is 14.9. The molecule has 6 nitrogen and oxygen atoms in total. The van der Waals surface area contributed by atoms with Crippen LogP contribution in [-0.2, 0) is 4.74 Å². The van der Waals surface area contributed by atoms with Crippen LogP contribution in [-0.4, -0.2) is 35.8 Å². The summed E-state index contributed by atoms with van der Waals surface area (Å²) in [5.41, 5.74) is -0.0945. The van der Waals surface area contributed by atoms with E-state index in [-0.39, 0.29) is 23.0 Å². The molecule has 0 spiro atoms. The smallest absolute Gasteiger partial charge is 0.407 e. The predicted octanol–water partition coefficient (Wildman–Crippen LogP) is 4.39. The second-order valence-corrected chi connectivity index (χ2v) is 8.21. The summed E-state index contributed by atoms with van der Waals surface area (Å²) in [5, 5.41) is 11.7. The molecule has 1 fully saturated rings. The molecule has 3 rings (SSSR count). The third-order valence-corrected chi connectivity index (χ3v) is 4.79. The van der Waals surface area contributed by atoms with Crippen molar-refractivity contribution in [1.29, 1.82) is 5.26 Å². The zero-order valence-electron chi connectivity index (χ0n) is 17.2. The quantitative estimate of drug-likeness (QED) is 0.806. The number of piperidine rings is 1. The molecule has 0 unspecified atom stereocenters. The molecule has 0 radical (unpaired) electrons. The van der Waals surface area contributed by atoms with E-state index in [1.165, 1.54) is 24.4 Å². The molecule has 1 aromatic heterocycles. The van der Waals surface area contributed by atoms with Crippen LogP contribution >= 0.6 is 0 Å². The highest BCUT2D eigenvalue weighted by Crippen LogP contribution is 2.30. The van der Waals surface area contributed by atoms with E-state index < -0.39 is 23.3 Å². The Morgan fingerprint density at radius 3 is 2.57 bits per heavy atom. The van der Waals surface area contributed by atoms with Gasteiger partial charge in [-0.05, 0) is 57.4 Å². The van der Waals surface area contributed by atoms with Crippen LogP contribution in [0.3, 0.4) is 0 Å². The number of nitrogens with zero attached hydrogens (tertiary/aromatic N) is 3. The minimum absolute atomic E-state index is 0.0602. The molecule has 1 saturated heterocycles. The number of amides is 1. The summed E-state index contributed by atoms with van der Waals surface area (Å²) in [6, 6.07) is 7.17. The number of hydrogen-bond donors (Lipinski definition) is 1. The van der Waals surface area contributed by atoms with E-state index in [9.17, 15) is 9.18 Å². The van der Waals surface area contributed by atoms with Gasteiger partial charge in [-0.3, -0.25) is 0 Å². The van der Waals surface area contributed by atoms with Gasteiger partial charge in [-0.15, -0.1) is 0 Å². The molecule has 1 amide bonds. The van der Waals surface area contributed by atoms with Gasteiger partial charge in [0.15, 0.2) is 11.6 Å².